The molecule has 1 atom stereocenters. The molecule has 6 nitrogen and oxygen atoms in total. The van der Waals surface area contributed by atoms with Crippen LogP contribution in [0.5, 0.6) is 5.75 Å². The fraction of sp³-hybridized carbons (Fsp3) is 0.391. The SMILES string of the molecule is CCOc1ccc(-n2c(-c3cccc(C)c3)nn(CN3CCC[C@@H](O)C3)c2=S)cc1. The highest BCUT2D eigenvalue weighted by molar-refractivity contribution is 7.71. The van der Waals surface area contributed by atoms with Crippen LogP contribution in [0.3, 0.4) is 0 Å². The van der Waals surface area contributed by atoms with Crippen molar-refractivity contribution in [1.82, 2.24) is 19.2 Å². The first-order valence-electron chi connectivity index (χ1n) is 10.5. The minimum absolute atomic E-state index is 0.280. The highest BCUT2D eigenvalue weighted by Crippen LogP contribution is 2.25. The highest BCUT2D eigenvalue weighted by Gasteiger charge is 2.21. The number of aryl methyl sites for hydroxylation is 1. The Morgan fingerprint density at radius 1 is 1.20 bits per heavy atom. The van der Waals surface area contributed by atoms with Gasteiger partial charge in [0.2, 0.25) is 4.77 Å². The molecule has 0 amide bonds. The average Bonchev–Trinajstić information content (AvgIpc) is 3.05. The smallest absolute Gasteiger partial charge is 0.204 e. The van der Waals surface area contributed by atoms with Gasteiger partial charge in [0, 0.05) is 18.7 Å². The van der Waals surface area contributed by atoms with Crippen molar-refractivity contribution in [3.05, 3.63) is 58.9 Å². The standard InChI is InChI=1S/C23H28N4O2S/c1-3-29-21-11-9-19(10-12-21)27-22(18-7-4-6-17(2)14-18)24-26(23(27)30)16-25-13-5-8-20(28)15-25/h4,6-7,9-12,14,20,28H,3,5,8,13,15-16H2,1-2H3/t20-/m1/s1. The third kappa shape index (κ3) is 4.48. The second-order valence-electron chi connectivity index (χ2n) is 7.75. The highest BCUT2D eigenvalue weighted by atomic mass is 32.1. The molecule has 0 saturated carbocycles. The summed E-state index contributed by atoms with van der Waals surface area (Å²) < 4.78 is 10.1. The summed E-state index contributed by atoms with van der Waals surface area (Å²) in [7, 11) is 0. The van der Waals surface area contributed by atoms with Gasteiger partial charge in [-0.2, -0.15) is 0 Å². The first kappa shape index (κ1) is 20.8. The van der Waals surface area contributed by atoms with Crippen molar-refractivity contribution in [2.75, 3.05) is 19.7 Å². The van der Waals surface area contributed by atoms with Crippen molar-refractivity contribution in [1.29, 1.82) is 0 Å². The van der Waals surface area contributed by atoms with E-state index in [2.05, 4.69) is 30.0 Å². The molecular formula is C23H28N4O2S. The Labute approximate surface area is 182 Å². The zero-order valence-corrected chi connectivity index (χ0v) is 18.3. The van der Waals surface area contributed by atoms with E-state index in [4.69, 9.17) is 22.1 Å². The summed E-state index contributed by atoms with van der Waals surface area (Å²) in [6.07, 6.45) is 1.56. The summed E-state index contributed by atoms with van der Waals surface area (Å²) in [4.78, 5) is 2.21. The lowest BCUT2D eigenvalue weighted by atomic mass is 10.1. The number of ether oxygens (including phenoxy) is 1. The van der Waals surface area contributed by atoms with Crippen LogP contribution in [-0.4, -0.2) is 50.2 Å². The van der Waals surface area contributed by atoms with E-state index in [0.717, 1.165) is 42.2 Å². The van der Waals surface area contributed by atoms with Crippen LogP contribution in [0.1, 0.15) is 25.3 Å². The molecule has 4 rings (SSSR count). The molecule has 158 valence electrons. The largest absolute Gasteiger partial charge is 0.494 e. The van der Waals surface area contributed by atoms with Crippen LogP contribution in [0.2, 0.25) is 0 Å². The maximum Gasteiger partial charge on any atom is 0.204 e. The molecule has 2 heterocycles. The number of piperidine rings is 1. The number of hydrogen-bond donors (Lipinski definition) is 1. The summed E-state index contributed by atoms with van der Waals surface area (Å²) in [5.41, 5.74) is 3.14. The van der Waals surface area contributed by atoms with Crippen molar-refractivity contribution >= 4 is 12.2 Å². The summed E-state index contributed by atoms with van der Waals surface area (Å²) in [5, 5.41) is 14.9. The van der Waals surface area contributed by atoms with Gasteiger partial charge in [-0.15, -0.1) is 5.10 Å². The zero-order chi connectivity index (χ0) is 21.1. The van der Waals surface area contributed by atoms with E-state index in [1.807, 2.05) is 46.5 Å². The van der Waals surface area contributed by atoms with Crippen molar-refractivity contribution in [3.63, 3.8) is 0 Å². The van der Waals surface area contributed by atoms with Crippen molar-refractivity contribution in [3.8, 4) is 22.8 Å². The van der Waals surface area contributed by atoms with Crippen LogP contribution < -0.4 is 4.74 Å². The number of likely N-dealkylation sites (tertiary alicyclic amines) is 1. The number of benzene rings is 2. The Morgan fingerprint density at radius 2 is 2.00 bits per heavy atom. The van der Waals surface area contributed by atoms with Crippen LogP contribution in [0.15, 0.2) is 48.5 Å². The number of aliphatic hydroxyl groups is 1. The van der Waals surface area contributed by atoms with Gasteiger partial charge >= 0.3 is 0 Å². The van der Waals surface area contributed by atoms with E-state index in [1.54, 1.807) is 0 Å². The van der Waals surface area contributed by atoms with E-state index >= 15 is 0 Å². The second kappa shape index (κ2) is 9.12. The molecule has 0 unspecified atom stereocenters. The predicted octanol–water partition coefficient (Wildman–Crippen LogP) is 4.19. The molecule has 0 spiro atoms. The lowest BCUT2D eigenvalue weighted by molar-refractivity contribution is 0.0513. The van der Waals surface area contributed by atoms with Gasteiger partial charge in [-0.3, -0.25) is 9.47 Å². The first-order chi connectivity index (χ1) is 14.5. The van der Waals surface area contributed by atoms with Crippen molar-refractivity contribution in [2.45, 2.75) is 39.5 Å². The van der Waals surface area contributed by atoms with Gasteiger partial charge in [-0.25, -0.2) is 4.68 Å². The number of aromatic nitrogens is 3. The van der Waals surface area contributed by atoms with Crippen LogP contribution >= 0.6 is 12.2 Å². The van der Waals surface area contributed by atoms with Gasteiger partial charge in [-0.05, 0) is 69.2 Å². The second-order valence-corrected chi connectivity index (χ2v) is 8.12. The summed E-state index contributed by atoms with van der Waals surface area (Å²) in [5.74, 6) is 1.64. The van der Waals surface area contributed by atoms with Crippen LogP contribution in [0.4, 0.5) is 0 Å². The molecule has 1 aromatic heterocycles. The van der Waals surface area contributed by atoms with E-state index in [9.17, 15) is 5.11 Å². The zero-order valence-electron chi connectivity index (χ0n) is 17.5. The summed E-state index contributed by atoms with van der Waals surface area (Å²) >= 11 is 5.85. The lowest BCUT2D eigenvalue weighted by Gasteiger charge is -2.29. The number of aliphatic hydroxyl groups excluding tert-OH is 1. The molecule has 0 bridgehead atoms. The molecule has 1 saturated heterocycles. The average molecular weight is 425 g/mol. The van der Waals surface area contributed by atoms with Gasteiger partial charge < -0.3 is 9.84 Å². The van der Waals surface area contributed by atoms with Crippen LogP contribution in [0.25, 0.3) is 17.1 Å². The van der Waals surface area contributed by atoms with E-state index in [-0.39, 0.29) is 6.10 Å². The Balaban J connectivity index is 1.76. The molecule has 0 radical (unpaired) electrons. The van der Waals surface area contributed by atoms with E-state index in [0.29, 0.717) is 24.6 Å². The number of β-amino-alcohol motifs (C(OH)–C–C–N with tert-alkyl or cyclic N) is 1. The first-order valence-corrected chi connectivity index (χ1v) is 10.9. The molecule has 1 aliphatic rings. The van der Waals surface area contributed by atoms with E-state index < -0.39 is 0 Å². The van der Waals surface area contributed by atoms with Gasteiger partial charge in [0.05, 0.1) is 25.1 Å². The number of hydrogen-bond acceptors (Lipinski definition) is 5. The Kier molecular flexibility index (Phi) is 6.32. The molecule has 3 aromatic rings. The van der Waals surface area contributed by atoms with Gasteiger partial charge in [0.25, 0.3) is 0 Å². The van der Waals surface area contributed by atoms with Gasteiger partial charge in [-0.1, -0.05) is 23.8 Å². The Morgan fingerprint density at radius 3 is 2.70 bits per heavy atom. The summed E-state index contributed by atoms with van der Waals surface area (Å²) in [6.45, 7) is 6.84. The molecule has 7 heteroatoms. The minimum Gasteiger partial charge on any atom is -0.494 e. The fourth-order valence-corrected chi connectivity index (χ4v) is 4.20. The molecular weight excluding hydrogens is 396 g/mol. The lowest BCUT2D eigenvalue weighted by Crippen LogP contribution is -2.39. The third-order valence-corrected chi connectivity index (χ3v) is 5.73. The predicted molar refractivity (Wildman–Crippen MR) is 121 cm³/mol. The maximum absolute atomic E-state index is 10.0. The van der Waals surface area contributed by atoms with Gasteiger partial charge in [0.1, 0.15) is 5.75 Å². The monoisotopic (exact) mass is 424 g/mol. The van der Waals surface area contributed by atoms with Crippen LogP contribution in [-0.2, 0) is 6.67 Å². The molecule has 30 heavy (non-hydrogen) atoms. The molecule has 0 aliphatic carbocycles. The normalized spacial score (nSPS) is 17.2. The Bertz CT molecular complexity index is 1060. The van der Waals surface area contributed by atoms with Crippen molar-refractivity contribution < 1.29 is 9.84 Å². The molecule has 1 N–H and O–H groups in total. The maximum atomic E-state index is 10.0. The quantitative estimate of drug-likeness (QED) is 0.602. The summed E-state index contributed by atoms with van der Waals surface area (Å²) in [6, 6.07) is 16.2. The number of nitrogens with zero attached hydrogens (tertiary/aromatic N) is 4. The van der Waals surface area contributed by atoms with E-state index in [1.165, 1.54) is 5.56 Å². The fourth-order valence-electron chi connectivity index (χ4n) is 3.91. The topological polar surface area (TPSA) is 55.5 Å². The molecule has 2 aromatic carbocycles. The molecule has 1 fully saturated rings. The van der Waals surface area contributed by atoms with Crippen molar-refractivity contribution in [2.24, 2.45) is 0 Å². The Hall–Kier alpha value is -2.48. The number of rotatable bonds is 6. The van der Waals surface area contributed by atoms with Crippen LogP contribution in [0, 0.1) is 11.7 Å². The third-order valence-electron chi connectivity index (χ3n) is 5.34. The van der Waals surface area contributed by atoms with Gasteiger partial charge in [0.15, 0.2) is 5.82 Å². The molecule has 1 aliphatic heterocycles. The minimum atomic E-state index is -0.280.